The monoisotopic (exact) mass is 325 g/mol. The lowest BCUT2D eigenvalue weighted by molar-refractivity contribution is -0.137. The van der Waals surface area contributed by atoms with Gasteiger partial charge in [0.1, 0.15) is 6.10 Å². The molecule has 5 nitrogen and oxygen atoms in total. The molecule has 126 valence electrons. The number of nitrogens with zero attached hydrogens (tertiary/aromatic N) is 3. The Morgan fingerprint density at radius 1 is 1.04 bits per heavy atom. The molecule has 0 unspecified atom stereocenters. The number of fused-ring (bicyclic) bond motifs is 1. The normalized spacial score (nSPS) is 19.8. The Hall–Kier alpha value is -2.17. The number of amides is 1. The van der Waals surface area contributed by atoms with E-state index >= 15 is 0 Å². The summed E-state index contributed by atoms with van der Waals surface area (Å²) in [6.45, 7) is 1.59. The van der Waals surface area contributed by atoms with Gasteiger partial charge in [-0.1, -0.05) is 25.0 Å². The third-order valence-electron chi connectivity index (χ3n) is 5.17. The smallest absolute Gasteiger partial charge is 0.233 e. The second kappa shape index (κ2) is 6.75. The van der Waals surface area contributed by atoms with Crippen molar-refractivity contribution in [2.75, 3.05) is 13.1 Å². The largest absolute Gasteiger partial charge is 0.473 e. The molecular formula is C19H23N3O2. The zero-order valence-electron chi connectivity index (χ0n) is 13.9. The predicted octanol–water partition coefficient (Wildman–Crippen LogP) is 3.19. The van der Waals surface area contributed by atoms with Crippen molar-refractivity contribution in [1.29, 1.82) is 0 Å². The van der Waals surface area contributed by atoms with Gasteiger partial charge in [-0.25, -0.2) is 9.97 Å². The predicted molar refractivity (Wildman–Crippen MR) is 91.7 cm³/mol. The van der Waals surface area contributed by atoms with Gasteiger partial charge >= 0.3 is 0 Å². The topological polar surface area (TPSA) is 55.3 Å². The fourth-order valence-corrected chi connectivity index (χ4v) is 3.79. The molecule has 0 radical (unpaired) electrons. The van der Waals surface area contributed by atoms with Crippen molar-refractivity contribution >= 4 is 16.9 Å². The van der Waals surface area contributed by atoms with Gasteiger partial charge in [-0.15, -0.1) is 0 Å². The van der Waals surface area contributed by atoms with Crippen molar-refractivity contribution in [1.82, 2.24) is 14.9 Å². The molecule has 5 heteroatoms. The SMILES string of the molecule is O=C(C1CCCC1)N1CCC(Oc2cnc3ccccc3n2)CC1. The van der Waals surface area contributed by atoms with Crippen LogP contribution in [0.4, 0.5) is 0 Å². The van der Waals surface area contributed by atoms with Gasteiger partial charge in [0, 0.05) is 31.8 Å². The lowest BCUT2D eigenvalue weighted by Crippen LogP contribution is -2.44. The first-order chi connectivity index (χ1) is 11.8. The number of rotatable bonds is 3. The number of likely N-dealkylation sites (tertiary alicyclic amines) is 1. The van der Waals surface area contributed by atoms with Gasteiger partial charge in [-0.05, 0) is 25.0 Å². The molecule has 2 fully saturated rings. The zero-order valence-corrected chi connectivity index (χ0v) is 13.9. The van der Waals surface area contributed by atoms with E-state index in [1.54, 1.807) is 6.20 Å². The summed E-state index contributed by atoms with van der Waals surface area (Å²) < 4.78 is 6.01. The van der Waals surface area contributed by atoms with Crippen molar-refractivity contribution in [3.8, 4) is 5.88 Å². The number of aromatic nitrogens is 2. The molecule has 2 aliphatic rings. The molecule has 0 bridgehead atoms. The third-order valence-corrected chi connectivity index (χ3v) is 5.17. The van der Waals surface area contributed by atoms with Gasteiger partial charge in [0.2, 0.25) is 11.8 Å². The average molecular weight is 325 g/mol. The van der Waals surface area contributed by atoms with Gasteiger partial charge in [0.05, 0.1) is 17.2 Å². The quantitative estimate of drug-likeness (QED) is 0.869. The van der Waals surface area contributed by atoms with Crippen LogP contribution in [-0.2, 0) is 4.79 Å². The number of carbonyl (C=O) groups excluding carboxylic acids is 1. The summed E-state index contributed by atoms with van der Waals surface area (Å²) in [4.78, 5) is 23.4. The maximum Gasteiger partial charge on any atom is 0.233 e. The first kappa shape index (κ1) is 15.4. The van der Waals surface area contributed by atoms with Gasteiger partial charge in [0.15, 0.2) is 0 Å². The van der Waals surface area contributed by atoms with Gasteiger partial charge in [0.25, 0.3) is 0 Å². The first-order valence-corrected chi connectivity index (χ1v) is 8.97. The van der Waals surface area contributed by atoms with Gasteiger partial charge in [-0.2, -0.15) is 0 Å². The van der Waals surface area contributed by atoms with E-state index in [1.807, 2.05) is 29.2 Å². The highest BCUT2D eigenvalue weighted by atomic mass is 16.5. The maximum atomic E-state index is 12.5. The molecule has 4 rings (SSSR count). The number of benzene rings is 1. The molecule has 1 saturated heterocycles. The average Bonchev–Trinajstić information content (AvgIpc) is 3.16. The second-order valence-electron chi connectivity index (χ2n) is 6.82. The minimum Gasteiger partial charge on any atom is -0.473 e. The van der Waals surface area contributed by atoms with Crippen molar-refractivity contribution in [3.05, 3.63) is 30.5 Å². The number of hydrogen-bond acceptors (Lipinski definition) is 4. The minimum absolute atomic E-state index is 0.119. The van der Waals surface area contributed by atoms with E-state index in [4.69, 9.17) is 4.74 Å². The van der Waals surface area contributed by atoms with Crippen LogP contribution < -0.4 is 4.74 Å². The maximum absolute atomic E-state index is 12.5. The third kappa shape index (κ3) is 3.21. The summed E-state index contributed by atoms with van der Waals surface area (Å²) in [6, 6.07) is 7.79. The van der Waals surface area contributed by atoms with E-state index in [1.165, 1.54) is 12.8 Å². The summed E-state index contributed by atoms with van der Waals surface area (Å²) in [5.41, 5.74) is 1.73. The number of carbonyl (C=O) groups is 1. The minimum atomic E-state index is 0.119. The highest BCUT2D eigenvalue weighted by Crippen LogP contribution is 2.28. The fourth-order valence-electron chi connectivity index (χ4n) is 3.79. The van der Waals surface area contributed by atoms with Crippen LogP contribution in [0.25, 0.3) is 11.0 Å². The molecule has 0 atom stereocenters. The van der Waals surface area contributed by atoms with E-state index in [-0.39, 0.29) is 12.0 Å². The summed E-state index contributed by atoms with van der Waals surface area (Å²) in [5, 5.41) is 0. The Morgan fingerprint density at radius 2 is 1.75 bits per heavy atom. The van der Waals surface area contributed by atoms with E-state index < -0.39 is 0 Å². The van der Waals surface area contributed by atoms with E-state index in [0.29, 0.717) is 11.8 Å². The second-order valence-corrected chi connectivity index (χ2v) is 6.82. The van der Waals surface area contributed by atoms with Crippen molar-refractivity contribution in [2.24, 2.45) is 5.92 Å². The van der Waals surface area contributed by atoms with Crippen LogP contribution in [0.1, 0.15) is 38.5 Å². The number of ether oxygens (including phenoxy) is 1. The summed E-state index contributed by atoms with van der Waals surface area (Å²) in [6.07, 6.45) is 8.10. The Labute approximate surface area is 142 Å². The van der Waals surface area contributed by atoms with Crippen molar-refractivity contribution < 1.29 is 9.53 Å². The molecule has 1 aromatic carbocycles. The number of hydrogen-bond donors (Lipinski definition) is 0. The number of para-hydroxylation sites is 2. The van der Waals surface area contributed by atoms with E-state index in [9.17, 15) is 4.79 Å². The molecule has 1 amide bonds. The van der Waals surface area contributed by atoms with Crippen LogP contribution in [0.2, 0.25) is 0 Å². The van der Waals surface area contributed by atoms with Crippen molar-refractivity contribution in [2.45, 2.75) is 44.6 Å². The van der Waals surface area contributed by atoms with Crippen LogP contribution in [0.3, 0.4) is 0 Å². The number of piperidine rings is 1. The summed E-state index contributed by atoms with van der Waals surface area (Å²) >= 11 is 0. The van der Waals surface area contributed by atoms with Gasteiger partial charge in [-0.3, -0.25) is 4.79 Å². The van der Waals surface area contributed by atoms with Crippen molar-refractivity contribution in [3.63, 3.8) is 0 Å². The first-order valence-electron chi connectivity index (χ1n) is 8.97. The van der Waals surface area contributed by atoms with Crippen LogP contribution in [0.15, 0.2) is 30.5 Å². The molecular weight excluding hydrogens is 302 g/mol. The molecule has 0 spiro atoms. The lowest BCUT2D eigenvalue weighted by Gasteiger charge is -2.33. The Morgan fingerprint density at radius 3 is 2.50 bits per heavy atom. The molecule has 2 aromatic rings. The molecule has 1 aliphatic heterocycles. The molecule has 1 aromatic heterocycles. The summed E-state index contributed by atoms with van der Waals surface area (Å²) in [5.74, 6) is 1.21. The molecule has 1 aliphatic carbocycles. The van der Waals surface area contributed by atoms with Crippen LogP contribution >= 0.6 is 0 Å². The Balaban J connectivity index is 1.34. The molecule has 24 heavy (non-hydrogen) atoms. The van der Waals surface area contributed by atoms with Crippen LogP contribution in [0, 0.1) is 5.92 Å². The van der Waals surface area contributed by atoms with E-state index in [2.05, 4.69) is 9.97 Å². The Bertz CT molecular complexity index is 719. The Kier molecular flexibility index (Phi) is 4.32. The highest BCUT2D eigenvalue weighted by molar-refractivity contribution is 5.79. The zero-order chi connectivity index (χ0) is 16.4. The standard InChI is InChI=1S/C19H23N3O2/c23-19(14-5-1-2-6-14)22-11-9-15(10-12-22)24-18-13-20-16-7-3-4-8-17(16)21-18/h3-4,7-8,13-15H,1-2,5-6,9-12H2. The summed E-state index contributed by atoms with van der Waals surface area (Å²) in [7, 11) is 0. The van der Waals surface area contributed by atoms with E-state index in [0.717, 1.165) is 49.8 Å². The van der Waals surface area contributed by atoms with Crippen LogP contribution in [-0.4, -0.2) is 40.0 Å². The lowest BCUT2D eigenvalue weighted by atomic mass is 10.0. The van der Waals surface area contributed by atoms with Crippen LogP contribution in [0.5, 0.6) is 5.88 Å². The molecule has 0 N–H and O–H groups in total. The molecule has 2 heterocycles. The fraction of sp³-hybridized carbons (Fsp3) is 0.526. The molecule has 1 saturated carbocycles. The highest BCUT2D eigenvalue weighted by Gasteiger charge is 2.30. The van der Waals surface area contributed by atoms with Gasteiger partial charge < -0.3 is 9.64 Å².